The molecule has 4 N–H and O–H groups in total. The van der Waals surface area contributed by atoms with Gasteiger partial charge in [-0.2, -0.15) is 5.10 Å². The highest BCUT2D eigenvalue weighted by molar-refractivity contribution is 7.81. The van der Waals surface area contributed by atoms with Gasteiger partial charge >= 0.3 is 0 Å². The molecule has 2 rings (SSSR count). The van der Waals surface area contributed by atoms with Crippen LogP contribution in [0.15, 0.2) is 5.93 Å². The maximum atomic E-state index is 9.67. The second kappa shape index (κ2) is 5.34. The third kappa shape index (κ3) is 2.62. The van der Waals surface area contributed by atoms with E-state index in [0.717, 1.165) is 0 Å². The van der Waals surface area contributed by atoms with Crippen molar-refractivity contribution in [2.24, 2.45) is 0 Å². The van der Waals surface area contributed by atoms with Crippen molar-refractivity contribution in [2.75, 3.05) is 6.61 Å². The van der Waals surface area contributed by atoms with Crippen LogP contribution < -0.4 is 5.32 Å². The fraction of sp³-hybridized carbons (Fsp3) is 0.625. The number of hydrogen-bond donors (Lipinski definition) is 4. The van der Waals surface area contributed by atoms with E-state index in [4.69, 9.17) is 22.1 Å². The number of nitrogens with zero attached hydrogens (tertiary/aromatic N) is 2. The van der Waals surface area contributed by atoms with Crippen molar-refractivity contribution in [3.05, 3.63) is 11.4 Å². The zero-order chi connectivity index (χ0) is 12.4. The molecule has 0 spiro atoms. The Bertz CT molecular complexity index is 390. The van der Waals surface area contributed by atoms with Gasteiger partial charge < -0.3 is 25.4 Å². The van der Waals surface area contributed by atoms with Gasteiger partial charge in [-0.3, -0.25) is 0 Å². The molecule has 1 saturated heterocycles. The molecule has 1 aliphatic heterocycles. The maximum absolute atomic E-state index is 9.67. The Labute approximate surface area is 104 Å². The predicted octanol–water partition coefficient (Wildman–Crippen LogP) is -1.79. The number of ether oxygens (including phenoxy) is 1. The Morgan fingerprint density at radius 3 is 2.82 bits per heavy atom. The summed E-state index contributed by atoms with van der Waals surface area (Å²) in [5.74, 6) is 1.64. The summed E-state index contributed by atoms with van der Waals surface area (Å²) in [5.41, 5.74) is 0.609. The average molecular weight is 277 g/mol. The molecule has 0 bridgehead atoms. The second-order valence-corrected chi connectivity index (χ2v) is 5.00. The summed E-state index contributed by atoms with van der Waals surface area (Å²) in [5, 5.41) is 38.4. The summed E-state index contributed by atoms with van der Waals surface area (Å²) in [4.78, 5) is 0.329. The summed E-state index contributed by atoms with van der Waals surface area (Å²) in [6, 6.07) is 0. The SMILES string of the molecule is OC[C@H]1O[C@@H](NC(=S)c2nnc[pH]2)[C@H](O)[C@@H]1O. The number of aromatic nitrogens is 2. The molecule has 5 atom stereocenters. The van der Waals surface area contributed by atoms with Crippen molar-refractivity contribution in [1.29, 1.82) is 0 Å². The fourth-order valence-electron chi connectivity index (χ4n) is 1.53. The maximum Gasteiger partial charge on any atom is 0.157 e. The quantitative estimate of drug-likeness (QED) is 0.480. The minimum Gasteiger partial charge on any atom is -0.394 e. The lowest BCUT2D eigenvalue weighted by atomic mass is 10.1. The van der Waals surface area contributed by atoms with Crippen LogP contribution in [0.25, 0.3) is 0 Å². The van der Waals surface area contributed by atoms with E-state index >= 15 is 0 Å². The molecule has 0 aliphatic carbocycles. The van der Waals surface area contributed by atoms with Crippen LogP contribution >= 0.6 is 20.4 Å². The average Bonchev–Trinajstić information content (AvgIpc) is 2.93. The van der Waals surface area contributed by atoms with Crippen LogP contribution in [-0.2, 0) is 4.74 Å². The zero-order valence-corrected chi connectivity index (χ0v) is 10.5. The van der Waals surface area contributed by atoms with Gasteiger partial charge in [-0.05, 0) is 0 Å². The number of aliphatic hydroxyl groups is 3. The third-order valence-electron chi connectivity index (χ3n) is 2.45. The van der Waals surface area contributed by atoms with E-state index in [-0.39, 0.29) is 14.8 Å². The van der Waals surface area contributed by atoms with Crippen LogP contribution in [0.4, 0.5) is 0 Å². The lowest BCUT2D eigenvalue weighted by Gasteiger charge is -2.16. The Hall–Kier alpha value is -0.630. The predicted molar refractivity (Wildman–Crippen MR) is 64.1 cm³/mol. The number of rotatable bonds is 3. The first-order valence-electron chi connectivity index (χ1n) is 4.93. The molecular weight excluding hydrogens is 265 g/mol. The second-order valence-electron chi connectivity index (χ2n) is 3.57. The standard InChI is InChI=1S/C8H12N3O4PS/c12-1-3-4(13)5(14)6(15-3)10-8(17)7-11-9-2-16-7/h2-6,12-14,16H,1H2,(H,10,17)/t3-,4-,5-,6-/m1/s1. The first kappa shape index (κ1) is 12.8. The fourth-order valence-corrected chi connectivity index (χ4v) is 2.42. The normalized spacial score (nSPS) is 33.1. The van der Waals surface area contributed by atoms with Gasteiger partial charge in [0.05, 0.1) is 12.5 Å². The molecule has 17 heavy (non-hydrogen) atoms. The minimum absolute atomic E-state index is 0.289. The summed E-state index contributed by atoms with van der Waals surface area (Å²) < 4.78 is 5.22. The van der Waals surface area contributed by atoms with E-state index in [1.807, 2.05) is 0 Å². The molecule has 94 valence electrons. The van der Waals surface area contributed by atoms with Gasteiger partial charge in [-0.1, -0.05) is 20.4 Å². The van der Waals surface area contributed by atoms with Gasteiger partial charge in [0.15, 0.2) is 6.23 Å². The molecule has 0 aromatic carbocycles. The Balaban J connectivity index is 1.98. The molecule has 1 fully saturated rings. The molecule has 1 aliphatic rings. The van der Waals surface area contributed by atoms with Crippen LogP contribution in [0.5, 0.6) is 0 Å². The van der Waals surface area contributed by atoms with Crippen molar-refractivity contribution < 1.29 is 20.1 Å². The molecule has 1 aromatic heterocycles. The summed E-state index contributed by atoms with van der Waals surface area (Å²) in [6.07, 6.45) is -3.93. The monoisotopic (exact) mass is 277 g/mol. The lowest BCUT2D eigenvalue weighted by molar-refractivity contribution is -0.0259. The molecule has 2 heterocycles. The number of nitrogens with one attached hydrogen (secondary N) is 1. The van der Waals surface area contributed by atoms with E-state index in [1.54, 1.807) is 5.93 Å². The highest BCUT2D eigenvalue weighted by Gasteiger charge is 2.42. The lowest BCUT2D eigenvalue weighted by Crippen LogP contribution is -2.43. The summed E-state index contributed by atoms with van der Waals surface area (Å²) in [7, 11) is 0.289. The third-order valence-corrected chi connectivity index (χ3v) is 3.81. The molecule has 0 amide bonds. The van der Waals surface area contributed by atoms with Crippen molar-refractivity contribution in [3.63, 3.8) is 0 Å². The van der Waals surface area contributed by atoms with E-state index < -0.39 is 24.5 Å². The molecule has 7 nitrogen and oxygen atoms in total. The molecule has 1 aromatic rings. The molecule has 0 saturated carbocycles. The molecule has 9 heteroatoms. The van der Waals surface area contributed by atoms with Gasteiger partial charge in [0.25, 0.3) is 0 Å². The van der Waals surface area contributed by atoms with Crippen LogP contribution in [0.1, 0.15) is 5.43 Å². The van der Waals surface area contributed by atoms with Gasteiger partial charge in [-0.15, -0.1) is 5.10 Å². The highest BCUT2D eigenvalue weighted by atomic mass is 32.1. The summed E-state index contributed by atoms with van der Waals surface area (Å²) in [6.45, 7) is -0.366. The molecular formula is C8H12N3O4PS. The largest absolute Gasteiger partial charge is 0.394 e. The number of thiocarbonyl (C=S) groups is 1. The Morgan fingerprint density at radius 2 is 2.29 bits per heavy atom. The molecule has 0 radical (unpaired) electrons. The zero-order valence-electron chi connectivity index (χ0n) is 8.65. The van der Waals surface area contributed by atoms with Crippen molar-refractivity contribution in [1.82, 2.24) is 15.5 Å². The van der Waals surface area contributed by atoms with Crippen LogP contribution in [-0.4, -0.2) is 61.7 Å². The Morgan fingerprint density at radius 1 is 1.53 bits per heavy atom. The Kier molecular flexibility index (Phi) is 4.03. The smallest absolute Gasteiger partial charge is 0.157 e. The first-order chi connectivity index (χ1) is 8.13. The van der Waals surface area contributed by atoms with Crippen LogP contribution in [0.2, 0.25) is 0 Å². The van der Waals surface area contributed by atoms with E-state index in [1.165, 1.54) is 0 Å². The van der Waals surface area contributed by atoms with Crippen LogP contribution in [0.3, 0.4) is 0 Å². The first-order valence-corrected chi connectivity index (χ1v) is 6.41. The van der Waals surface area contributed by atoms with Crippen molar-refractivity contribution >= 4 is 25.4 Å². The topological polar surface area (TPSA) is 108 Å². The van der Waals surface area contributed by atoms with Crippen LogP contribution in [0, 0.1) is 0 Å². The van der Waals surface area contributed by atoms with Gasteiger partial charge in [-0.25, -0.2) is 0 Å². The number of hydrogen-bond acceptors (Lipinski definition) is 7. The van der Waals surface area contributed by atoms with Crippen molar-refractivity contribution in [3.8, 4) is 0 Å². The van der Waals surface area contributed by atoms with E-state index in [9.17, 15) is 10.2 Å². The van der Waals surface area contributed by atoms with E-state index in [0.29, 0.717) is 10.4 Å². The van der Waals surface area contributed by atoms with Gasteiger partial charge in [0, 0.05) is 0 Å². The van der Waals surface area contributed by atoms with Crippen molar-refractivity contribution in [2.45, 2.75) is 24.5 Å². The van der Waals surface area contributed by atoms with E-state index in [2.05, 4.69) is 15.5 Å². The highest BCUT2D eigenvalue weighted by Crippen LogP contribution is 2.20. The summed E-state index contributed by atoms with van der Waals surface area (Å²) >= 11 is 5.07. The number of aliphatic hydroxyl groups excluding tert-OH is 3. The van der Waals surface area contributed by atoms with Gasteiger partial charge in [0.2, 0.25) is 0 Å². The minimum atomic E-state index is -1.14. The molecule has 1 unspecified atom stereocenters. The van der Waals surface area contributed by atoms with Gasteiger partial charge in [0.1, 0.15) is 28.7 Å².